The van der Waals surface area contributed by atoms with Gasteiger partial charge in [-0.2, -0.15) is 0 Å². The summed E-state index contributed by atoms with van der Waals surface area (Å²) in [6.07, 6.45) is 0.839. The first-order valence-corrected chi connectivity index (χ1v) is 11.4. The van der Waals surface area contributed by atoms with Crippen molar-refractivity contribution in [3.05, 3.63) is 71.8 Å². The summed E-state index contributed by atoms with van der Waals surface area (Å²) < 4.78 is 10.5. The van der Waals surface area contributed by atoms with Crippen molar-refractivity contribution in [3.8, 4) is 0 Å². The van der Waals surface area contributed by atoms with E-state index in [-0.39, 0.29) is 54.6 Å². The Bertz CT molecular complexity index is 718. The largest absolute Gasteiger partial charge is 0.461 e. The number of benzene rings is 2. The lowest BCUT2D eigenvalue weighted by molar-refractivity contribution is -0.151. The molecule has 2 atom stereocenters. The average molecular weight is 515 g/mol. The van der Waals surface area contributed by atoms with Crippen molar-refractivity contribution >= 4 is 36.8 Å². The van der Waals surface area contributed by atoms with Gasteiger partial charge in [-0.1, -0.05) is 95.3 Å². The maximum atomic E-state index is 11.8. The molecule has 7 heteroatoms. The van der Waals surface area contributed by atoms with E-state index in [1.54, 1.807) is 7.05 Å². The van der Waals surface area contributed by atoms with Crippen molar-refractivity contribution in [2.45, 2.75) is 60.3 Å². The zero-order chi connectivity index (χ0) is 23.9. The van der Waals surface area contributed by atoms with Crippen molar-refractivity contribution in [2.75, 3.05) is 7.05 Å². The van der Waals surface area contributed by atoms with Crippen LogP contribution in [0.1, 0.15) is 52.2 Å². The number of carbonyl (C=O) groups excluding carboxylic acids is 2. The quantitative estimate of drug-likeness (QED) is 0.381. The molecule has 0 radical (unpaired) electrons. The van der Waals surface area contributed by atoms with Gasteiger partial charge < -0.3 is 14.8 Å². The predicted octanol–water partition coefficient (Wildman–Crippen LogP) is 6.23. The summed E-state index contributed by atoms with van der Waals surface area (Å²) in [4.78, 5) is 23.5. The molecule has 0 aliphatic rings. The van der Waals surface area contributed by atoms with Crippen LogP contribution in [0.3, 0.4) is 0 Å². The maximum Gasteiger partial charge on any atom is 0.323 e. The summed E-state index contributed by atoms with van der Waals surface area (Å²) in [5, 5.41) is 2.96. The van der Waals surface area contributed by atoms with Crippen molar-refractivity contribution in [1.82, 2.24) is 5.32 Å². The van der Waals surface area contributed by atoms with Gasteiger partial charge in [0.15, 0.2) is 0 Å². The third kappa shape index (κ3) is 13.0. The third-order valence-corrected chi connectivity index (χ3v) is 5.23. The van der Waals surface area contributed by atoms with Gasteiger partial charge in [-0.25, -0.2) is 0 Å². The molecule has 0 fully saturated rings. The van der Waals surface area contributed by atoms with Crippen LogP contribution in [0.2, 0.25) is 0 Å². The van der Waals surface area contributed by atoms with Crippen molar-refractivity contribution < 1.29 is 19.1 Å². The van der Waals surface area contributed by atoms with E-state index in [1.165, 1.54) is 0 Å². The van der Waals surface area contributed by atoms with Crippen LogP contribution in [0.5, 0.6) is 0 Å². The third-order valence-electron chi connectivity index (χ3n) is 5.23. The summed E-state index contributed by atoms with van der Waals surface area (Å²) in [6.45, 7) is 10.8. The number of hydrogen-bond donors (Lipinski definition) is 1. The Morgan fingerprint density at radius 3 is 1.47 bits per heavy atom. The lowest BCUT2D eigenvalue weighted by atomic mass is 9.93. The Morgan fingerprint density at radius 1 is 0.735 bits per heavy atom. The second-order valence-electron chi connectivity index (χ2n) is 8.46. The van der Waals surface area contributed by atoms with Crippen LogP contribution >= 0.6 is 24.8 Å². The fraction of sp³-hybridized carbons (Fsp3) is 0.481. The summed E-state index contributed by atoms with van der Waals surface area (Å²) in [7, 11) is 1.77. The highest BCUT2D eigenvalue weighted by molar-refractivity contribution is 5.85. The maximum absolute atomic E-state index is 11.8. The number of ether oxygens (including phenoxy) is 2. The number of likely N-dealkylation sites (N-methyl/N-ethyl adjacent to an activating group) is 1. The Balaban J connectivity index is 0. The number of nitrogens with one attached hydrogen (secondary N) is 1. The highest BCUT2D eigenvalue weighted by Crippen LogP contribution is 2.17. The zero-order valence-corrected chi connectivity index (χ0v) is 22.8. The van der Waals surface area contributed by atoms with Crippen LogP contribution in [-0.4, -0.2) is 25.0 Å². The molecule has 0 aromatic heterocycles. The smallest absolute Gasteiger partial charge is 0.323 e. The van der Waals surface area contributed by atoms with Crippen LogP contribution in [0.4, 0.5) is 0 Å². The number of esters is 2. The lowest BCUT2D eigenvalue weighted by Crippen LogP contribution is -2.39. The Labute approximate surface area is 217 Å². The minimum absolute atomic E-state index is 0. The van der Waals surface area contributed by atoms with E-state index in [0.717, 1.165) is 17.5 Å². The molecule has 192 valence electrons. The fourth-order valence-electron chi connectivity index (χ4n) is 3.29. The molecule has 0 amide bonds. The predicted molar refractivity (Wildman–Crippen MR) is 143 cm³/mol. The summed E-state index contributed by atoms with van der Waals surface area (Å²) in [5.41, 5.74) is 2.05. The Kier molecular flexibility index (Phi) is 19.3. The second kappa shape index (κ2) is 19.2. The molecule has 0 saturated carbocycles. The first-order valence-electron chi connectivity index (χ1n) is 11.4. The van der Waals surface area contributed by atoms with Gasteiger partial charge in [-0.15, -0.1) is 24.8 Å². The van der Waals surface area contributed by atoms with E-state index in [9.17, 15) is 9.59 Å². The zero-order valence-electron chi connectivity index (χ0n) is 21.2. The number of rotatable bonds is 10. The van der Waals surface area contributed by atoms with Crippen molar-refractivity contribution in [3.63, 3.8) is 0 Å². The standard InChI is InChI=1S/C14H20O2.C13H19NO2.2ClH/c1-4-13(11(2)3)14(15)16-10-12-8-6-5-7-9-12;1-10(2)12(14-3)13(15)16-9-11-7-5-4-6-8-11;;/h5-9,11,13H,4,10H2,1-3H3;4-8,10,12,14H,9H2,1-3H3;2*1H/t13-;12-;;/m00../s1. The second-order valence-corrected chi connectivity index (χ2v) is 8.46. The van der Waals surface area contributed by atoms with Crippen LogP contribution in [-0.2, 0) is 32.3 Å². The lowest BCUT2D eigenvalue weighted by Gasteiger charge is -2.18. The Hall–Kier alpha value is -2.08. The van der Waals surface area contributed by atoms with Crippen molar-refractivity contribution in [2.24, 2.45) is 17.8 Å². The molecule has 0 bridgehead atoms. The topological polar surface area (TPSA) is 64.6 Å². The van der Waals surface area contributed by atoms with Gasteiger partial charge in [0, 0.05) is 0 Å². The van der Waals surface area contributed by atoms with Crippen LogP contribution in [0, 0.1) is 17.8 Å². The van der Waals surface area contributed by atoms with Gasteiger partial charge in [-0.3, -0.25) is 9.59 Å². The van der Waals surface area contributed by atoms with Crippen LogP contribution in [0.25, 0.3) is 0 Å². The molecule has 34 heavy (non-hydrogen) atoms. The molecule has 1 N–H and O–H groups in total. The monoisotopic (exact) mass is 513 g/mol. The van der Waals surface area contributed by atoms with Crippen LogP contribution in [0.15, 0.2) is 60.7 Å². The van der Waals surface area contributed by atoms with E-state index >= 15 is 0 Å². The molecule has 2 aromatic carbocycles. The molecule has 0 heterocycles. The van der Waals surface area contributed by atoms with Gasteiger partial charge in [0.25, 0.3) is 0 Å². The summed E-state index contributed by atoms with van der Waals surface area (Å²) >= 11 is 0. The van der Waals surface area contributed by atoms with Gasteiger partial charge in [-0.05, 0) is 36.4 Å². The number of hydrogen-bond acceptors (Lipinski definition) is 5. The highest BCUT2D eigenvalue weighted by atomic mass is 35.5. The number of carbonyl (C=O) groups is 2. The first-order chi connectivity index (χ1) is 15.3. The van der Waals surface area contributed by atoms with Crippen molar-refractivity contribution in [1.29, 1.82) is 0 Å². The minimum atomic E-state index is -0.233. The Morgan fingerprint density at radius 2 is 1.15 bits per heavy atom. The molecule has 0 aliphatic carbocycles. The molecule has 0 spiro atoms. The van der Waals surface area contributed by atoms with Gasteiger partial charge in [0.05, 0.1) is 5.92 Å². The molecule has 5 nitrogen and oxygen atoms in total. The SMILES string of the molecule is CC[C@H](C(=O)OCc1ccccc1)C(C)C.CN[C@H](C(=O)OCc1ccccc1)C(C)C.Cl.Cl. The highest BCUT2D eigenvalue weighted by Gasteiger charge is 2.22. The van der Waals surface area contributed by atoms with E-state index in [2.05, 4.69) is 19.2 Å². The normalized spacial score (nSPS) is 11.8. The van der Waals surface area contributed by atoms with Crippen LogP contribution < -0.4 is 5.32 Å². The van der Waals surface area contributed by atoms with E-state index in [4.69, 9.17) is 9.47 Å². The van der Waals surface area contributed by atoms with Gasteiger partial charge in [0.1, 0.15) is 19.3 Å². The number of halogens is 2. The summed E-state index contributed by atoms with van der Waals surface area (Å²) in [6, 6.07) is 19.2. The molecule has 2 aromatic rings. The van der Waals surface area contributed by atoms with Gasteiger partial charge >= 0.3 is 11.9 Å². The molecular formula is C27H41Cl2NO4. The minimum Gasteiger partial charge on any atom is -0.461 e. The molecule has 2 rings (SSSR count). The summed E-state index contributed by atoms with van der Waals surface area (Å²) in [5.74, 6) is 0.313. The first kappa shape index (κ1) is 34.1. The molecular weight excluding hydrogens is 473 g/mol. The van der Waals surface area contributed by atoms with E-state index < -0.39 is 0 Å². The average Bonchev–Trinajstić information content (AvgIpc) is 2.78. The molecule has 0 saturated heterocycles. The fourth-order valence-corrected chi connectivity index (χ4v) is 3.29. The van der Waals surface area contributed by atoms with E-state index in [0.29, 0.717) is 19.1 Å². The van der Waals surface area contributed by atoms with Gasteiger partial charge in [0.2, 0.25) is 0 Å². The molecule has 0 unspecified atom stereocenters. The van der Waals surface area contributed by atoms with E-state index in [1.807, 2.05) is 81.4 Å². The molecule has 0 aliphatic heterocycles.